The summed E-state index contributed by atoms with van der Waals surface area (Å²) in [5.74, 6) is 0.490. The van der Waals surface area contributed by atoms with Gasteiger partial charge in [0.15, 0.2) is 0 Å². The van der Waals surface area contributed by atoms with Gasteiger partial charge in [-0.15, -0.1) is 0 Å². The number of nitrogens with one attached hydrogen (secondary N) is 2. The number of aromatic nitrogens is 2. The molecule has 0 bridgehead atoms. The lowest BCUT2D eigenvalue weighted by Gasteiger charge is -2.09. The molecule has 22 heavy (non-hydrogen) atoms. The molecule has 0 saturated carbocycles. The third kappa shape index (κ3) is 5.16. The third-order valence-electron chi connectivity index (χ3n) is 3.25. The summed E-state index contributed by atoms with van der Waals surface area (Å²) in [6, 6.07) is 7.36. The summed E-state index contributed by atoms with van der Waals surface area (Å²) in [7, 11) is 0. The van der Waals surface area contributed by atoms with E-state index in [9.17, 15) is 4.79 Å². The van der Waals surface area contributed by atoms with Crippen molar-refractivity contribution in [1.82, 2.24) is 15.3 Å². The highest BCUT2D eigenvalue weighted by Crippen LogP contribution is 2.08. The summed E-state index contributed by atoms with van der Waals surface area (Å²) >= 11 is 0. The average molecular weight is 298 g/mol. The minimum absolute atomic E-state index is 0.175. The topological polar surface area (TPSA) is 66.9 Å². The third-order valence-corrected chi connectivity index (χ3v) is 3.25. The molecule has 0 radical (unpaired) electrons. The minimum atomic E-state index is -0.175. The van der Waals surface area contributed by atoms with Crippen LogP contribution in [-0.2, 0) is 6.54 Å². The first-order valence-electron chi connectivity index (χ1n) is 7.52. The van der Waals surface area contributed by atoms with Gasteiger partial charge in [-0.3, -0.25) is 9.78 Å². The van der Waals surface area contributed by atoms with Gasteiger partial charge in [0.25, 0.3) is 5.91 Å². The molecule has 0 atom stereocenters. The van der Waals surface area contributed by atoms with Crippen molar-refractivity contribution in [1.29, 1.82) is 0 Å². The van der Waals surface area contributed by atoms with Crippen molar-refractivity contribution in [2.45, 2.75) is 26.8 Å². The number of amides is 1. The molecule has 116 valence electrons. The maximum absolute atomic E-state index is 12.0. The number of carbonyl (C=O) groups excluding carboxylic acids is 1. The SMILES string of the molecule is CC(C)CCNc1ccc(C(=O)NCc2ccncc2)nc1. The number of hydrogen-bond acceptors (Lipinski definition) is 4. The first-order valence-corrected chi connectivity index (χ1v) is 7.52. The fourth-order valence-corrected chi connectivity index (χ4v) is 1.91. The largest absolute Gasteiger partial charge is 0.384 e. The monoisotopic (exact) mass is 298 g/mol. The molecule has 1 amide bonds. The second-order valence-electron chi connectivity index (χ2n) is 5.58. The van der Waals surface area contributed by atoms with E-state index in [0.29, 0.717) is 18.2 Å². The lowest BCUT2D eigenvalue weighted by molar-refractivity contribution is 0.0946. The Kier molecular flexibility index (Phi) is 5.89. The summed E-state index contributed by atoms with van der Waals surface area (Å²) in [4.78, 5) is 20.2. The van der Waals surface area contributed by atoms with Crippen molar-refractivity contribution in [3.63, 3.8) is 0 Å². The van der Waals surface area contributed by atoms with Gasteiger partial charge in [0.1, 0.15) is 5.69 Å². The molecule has 0 aliphatic heterocycles. The van der Waals surface area contributed by atoms with Crippen molar-refractivity contribution in [2.24, 2.45) is 5.92 Å². The lowest BCUT2D eigenvalue weighted by atomic mass is 10.1. The highest BCUT2D eigenvalue weighted by molar-refractivity contribution is 5.92. The normalized spacial score (nSPS) is 10.5. The number of carbonyl (C=O) groups is 1. The molecule has 2 heterocycles. The van der Waals surface area contributed by atoms with E-state index in [1.165, 1.54) is 0 Å². The summed E-state index contributed by atoms with van der Waals surface area (Å²) in [5.41, 5.74) is 2.37. The Balaban J connectivity index is 1.83. The Morgan fingerprint density at radius 3 is 2.59 bits per heavy atom. The van der Waals surface area contributed by atoms with Gasteiger partial charge in [-0.2, -0.15) is 0 Å². The predicted octanol–water partition coefficient (Wildman–Crippen LogP) is 2.86. The van der Waals surface area contributed by atoms with Crippen LogP contribution < -0.4 is 10.6 Å². The highest BCUT2D eigenvalue weighted by atomic mass is 16.1. The molecule has 0 aliphatic rings. The van der Waals surface area contributed by atoms with Crippen LogP contribution in [0.25, 0.3) is 0 Å². The average Bonchev–Trinajstić information content (AvgIpc) is 2.54. The molecule has 0 aromatic carbocycles. The van der Waals surface area contributed by atoms with Crippen LogP contribution in [0.4, 0.5) is 5.69 Å². The van der Waals surface area contributed by atoms with Gasteiger partial charge < -0.3 is 10.6 Å². The molecular formula is C17H22N4O. The first-order chi connectivity index (χ1) is 10.6. The minimum Gasteiger partial charge on any atom is -0.384 e. The molecule has 0 unspecified atom stereocenters. The lowest BCUT2D eigenvalue weighted by Crippen LogP contribution is -2.23. The van der Waals surface area contributed by atoms with E-state index in [1.54, 1.807) is 24.7 Å². The number of nitrogens with zero attached hydrogens (tertiary/aromatic N) is 2. The second kappa shape index (κ2) is 8.12. The fraction of sp³-hybridized carbons (Fsp3) is 0.353. The first kappa shape index (κ1) is 15.9. The Bertz CT molecular complexity index is 581. The molecule has 0 saturated heterocycles. The van der Waals surface area contributed by atoms with Crippen molar-refractivity contribution in [2.75, 3.05) is 11.9 Å². The molecule has 2 N–H and O–H groups in total. The van der Waals surface area contributed by atoms with Crippen molar-refractivity contribution in [3.05, 3.63) is 54.1 Å². The highest BCUT2D eigenvalue weighted by Gasteiger charge is 2.06. The van der Waals surface area contributed by atoms with Crippen LogP contribution in [0.3, 0.4) is 0 Å². The van der Waals surface area contributed by atoms with Crippen LogP contribution in [0, 0.1) is 5.92 Å². The molecule has 5 heteroatoms. The van der Waals surface area contributed by atoms with Gasteiger partial charge in [0.2, 0.25) is 0 Å². The van der Waals surface area contributed by atoms with Crippen molar-refractivity contribution >= 4 is 11.6 Å². The molecule has 0 spiro atoms. The number of anilines is 1. The van der Waals surface area contributed by atoms with Crippen LogP contribution in [0.2, 0.25) is 0 Å². The Labute approximate surface area is 131 Å². The zero-order chi connectivity index (χ0) is 15.8. The molecule has 0 fully saturated rings. The van der Waals surface area contributed by atoms with E-state index in [2.05, 4.69) is 34.4 Å². The Hall–Kier alpha value is -2.43. The van der Waals surface area contributed by atoms with Gasteiger partial charge in [-0.05, 0) is 42.2 Å². The zero-order valence-electron chi connectivity index (χ0n) is 13.0. The summed E-state index contributed by atoms with van der Waals surface area (Å²) in [6.45, 7) is 5.76. The van der Waals surface area contributed by atoms with Crippen LogP contribution >= 0.6 is 0 Å². The Morgan fingerprint density at radius 2 is 1.95 bits per heavy atom. The fourth-order valence-electron chi connectivity index (χ4n) is 1.91. The summed E-state index contributed by atoms with van der Waals surface area (Å²) < 4.78 is 0. The van der Waals surface area contributed by atoms with E-state index < -0.39 is 0 Å². The molecule has 0 aliphatic carbocycles. The number of hydrogen-bond donors (Lipinski definition) is 2. The predicted molar refractivity (Wildman–Crippen MR) is 87.6 cm³/mol. The van der Waals surface area contributed by atoms with Crippen LogP contribution in [0.5, 0.6) is 0 Å². The van der Waals surface area contributed by atoms with Crippen LogP contribution in [0.15, 0.2) is 42.9 Å². The second-order valence-corrected chi connectivity index (χ2v) is 5.58. The molecule has 2 rings (SSSR count). The smallest absolute Gasteiger partial charge is 0.270 e. The van der Waals surface area contributed by atoms with Crippen LogP contribution in [-0.4, -0.2) is 22.4 Å². The summed E-state index contributed by atoms with van der Waals surface area (Å²) in [5, 5.41) is 6.14. The number of rotatable bonds is 7. The number of pyridine rings is 2. The standard InChI is InChI=1S/C17H22N4O/c1-13(2)5-10-19-15-3-4-16(20-12-15)17(22)21-11-14-6-8-18-9-7-14/h3-4,6-9,12-13,19H,5,10-11H2,1-2H3,(H,21,22). The van der Waals surface area contributed by atoms with Crippen LogP contribution in [0.1, 0.15) is 36.3 Å². The van der Waals surface area contributed by atoms with Gasteiger partial charge in [0, 0.05) is 25.5 Å². The zero-order valence-corrected chi connectivity index (χ0v) is 13.0. The van der Waals surface area contributed by atoms with Crippen molar-refractivity contribution < 1.29 is 4.79 Å². The summed E-state index contributed by atoms with van der Waals surface area (Å²) in [6.07, 6.45) is 6.21. The Morgan fingerprint density at radius 1 is 1.18 bits per heavy atom. The van der Waals surface area contributed by atoms with E-state index in [-0.39, 0.29) is 5.91 Å². The van der Waals surface area contributed by atoms with E-state index >= 15 is 0 Å². The maximum Gasteiger partial charge on any atom is 0.270 e. The molecule has 2 aromatic heterocycles. The van der Waals surface area contributed by atoms with Gasteiger partial charge in [0.05, 0.1) is 11.9 Å². The van der Waals surface area contributed by atoms with Crippen molar-refractivity contribution in [3.8, 4) is 0 Å². The van der Waals surface area contributed by atoms with Gasteiger partial charge in [-0.1, -0.05) is 13.8 Å². The maximum atomic E-state index is 12.0. The quantitative estimate of drug-likeness (QED) is 0.825. The van der Waals surface area contributed by atoms with Gasteiger partial charge in [-0.25, -0.2) is 4.98 Å². The van der Waals surface area contributed by atoms with Gasteiger partial charge >= 0.3 is 0 Å². The van der Waals surface area contributed by atoms with E-state index in [1.807, 2.05) is 18.2 Å². The van der Waals surface area contributed by atoms with E-state index in [0.717, 1.165) is 24.2 Å². The molecular weight excluding hydrogens is 276 g/mol. The molecule has 5 nitrogen and oxygen atoms in total. The van der Waals surface area contributed by atoms with E-state index in [4.69, 9.17) is 0 Å². The molecule has 2 aromatic rings.